The Morgan fingerprint density at radius 2 is 1.92 bits per heavy atom. The number of benzene rings is 1. The van der Waals surface area contributed by atoms with Gasteiger partial charge < -0.3 is 9.47 Å². The lowest BCUT2D eigenvalue weighted by atomic mass is 9.89. The molecule has 0 aliphatic rings. The molecule has 0 amide bonds. The largest absolute Gasteiger partial charge is 0.490 e. The molecule has 0 N–H and O–H groups in total. The third-order valence-electron chi connectivity index (χ3n) is 3.62. The second-order valence-electron chi connectivity index (χ2n) is 5.70. The maximum atomic E-state index is 12.4. The minimum Gasteiger partial charge on any atom is -0.490 e. The van der Waals surface area contributed by atoms with Crippen LogP contribution in [-0.4, -0.2) is 30.4 Å². The molecule has 0 spiro atoms. The van der Waals surface area contributed by atoms with Gasteiger partial charge in [-0.25, -0.2) is 0 Å². The van der Waals surface area contributed by atoms with Gasteiger partial charge in [0.2, 0.25) is 0 Å². The summed E-state index contributed by atoms with van der Waals surface area (Å²) in [5.74, 6) is 0.372. The number of carbonyl (C=O) groups is 1. The predicted octanol–water partition coefficient (Wildman–Crippen LogP) is 4.17. The second-order valence-corrected chi connectivity index (χ2v) is 6.58. The van der Waals surface area contributed by atoms with Crippen molar-refractivity contribution in [3.8, 4) is 5.75 Å². The molecular weight excluding hydrogens is 322 g/mol. The Labute approximate surface area is 147 Å². The molecule has 1 heterocycles. The maximum Gasteiger partial charge on any atom is 0.313 e. The molecule has 1 aromatic heterocycles. The van der Waals surface area contributed by atoms with E-state index < -0.39 is 0 Å². The van der Waals surface area contributed by atoms with Crippen molar-refractivity contribution in [2.24, 2.45) is 5.92 Å². The van der Waals surface area contributed by atoms with Gasteiger partial charge in [0.05, 0.1) is 5.92 Å². The first-order valence-corrected chi connectivity index (χ1v) is 9.17. The van der Waals surface area contributed by atoms with Crippen LogP contribution in [0.3, 0.4) is 0 Å². The number of nitrogens with zero attached hydrogens (tertiary/aromatic N) is 1. The maximum absolute atomic E-state index is 12.4. The number of rotatable bonds is 8. The van der Waals surface area contributed by atoms with Crippen LogP contribution in [-0.2, 0) is 9.53 Å². The Hall–Kier alpha value is -2.01. The first-order chi connectivity index (χ1) is 11.6. The third kappa shape index (κ3) is 5.27. The third-order valence-corrected chi connectivity index (χ3v) is 4.36. The van der Waals surface area contributed by atoms with Crippen LogP contribution in [0.1, 0.15) is 25.3 Å². The summed E-state index contributed by atoms with van der Waals surface area (Å²) in [6.45, 7) is 4.57. The highest BCUT2D eigenvalue weighted by atomic mass is 32.2. The van der Waals surface area contributed by atoms with Gasteiger partial charge in [-0.15, -0.1) is 11.8 Å². The fourth-order valence-electron chi connectivity index (χ4n) is 2.42. The van der Waals surface area contributed by atoms with E-state index in [0.29, 0.717) is 6.61 Å². The zero-order chi connectivity index (χ0) is 17.4. The highest BCUT2D eigenvalue weighted by Crippen LogP contribution is 2.25. The van der Waals surface area contributed by atoms with E-state index in [0.717, 1.165) is 11.3 Å². The number of hydrogen-bond acceptors (Lipinski definition) is 5. The van der Waals surface area contributed by atoms with E-state index >= 15 is 0 Å². The fourth-order valence-corrected chi connectivity index (χ4v) is 2.82. The van der Waals surface area contributed by atoms with E-state index in [-0.39, 0.29) is 24.4 Å². The van der Waals surface area contributed by atoms with Crippen LogP contribution in [0.25, 0.3) is 0 Å². The summed E-state index contributed by atoms with van der Waals surface area (Å²) in [7, 11) is 0. The van der Waals surface area contributed by atoms with Gasteiger partial charge in [-0.1, -0.05) is 19.9 Å². The van der Waals surface area contributed by atoms with E-state index in [9.17, 15) is 4.79 Å². The van der Waals surface area contributed by atoms with Gasteiger partial charge in [0.15, 0.2) is 0 Å². The van der Waals surface area contributed by atoms with Gasteiger partial charge >= 0.3 is 5.97 Å². The standard InChI is InChI=1S/C19H23NO3S/c1-14(2)18(15-5-4-10-20-13-15)19(21)23-12-11-22-16-6-8-17(24-3)9-7-16/h4-10,13-14,18H,11-12H2,1-3H3. The average molecular weight is 345 g/mol. The van der Waals surface area contributed by atoms with Crippen molar-refractivity contribution >= 4 is 17.7 Å². The lowest BCUT2D eigenvalue weighted by molar-refractivity contribution is -0.147. The number of carbonyl (C=O) groups excluding carboxylic acids is 1. The highest BCUT2D eigenvalue weighted by Gasteiger charge is 2.25. The molecule has 2 rings (SSSR count). The molecule has 4 nitrogen and oxygen atoms in total. The van der Waals surface area contributed by atoms with E-state index in [1.54, 1.807) is 24.2 Å². The topological polar surface area (TPSA) is 48.4 Å². The molecule has 1 unspecified atom stereocenters. The van der Waals surface area contributed by atoms with Crippen LogP contribution in [0, 0.1) is 5.92 Å². The lowest BCUT2D eigenvalue weighted by Crippen LogP contribution is -2.23. The molecule has 128 valence electrons. The summed E-state index contributed by atoms with van der Waals surface area (Å²) in [6, 6.07) is 11.6. The zero-order valence-electron chi connectivity index (χ0n) is 14.3. The van der Waals surface area contributed by atoms with E-state index in [1.807, 2.05) is 56.5 Å². The summed E-state index contributed by atoms with van der Waals surface area (Å²) in [6.07, 6.45) is 5.45. The normalized spacial score (nSPS) is 12.0. The second kappa shape index (κ2) is 9.33. The molecule has 0 saturated carbocycles. The summed E-state index contributed by atoms with van der Waals surface area (Å²) < 4.78 is 11.0. The molecule has 0 fully saturated rings. The quantitative estimate of drug-likeness (QED) is 0.408. The lowest BCUT2D eigenvalue weighted by Gasteiger charge is -2.19. The average Bonchev–Trinajstić information content (AvgIpc) is 2.60. The summed E-state index contributed by atoms with van der Waals surface area (Å²) in [5.41, 5.74) is 0.881. The van der Waals surface area contributed by atoms with Crippen molar-refractivity contribution in [2.75, 3.05) is 19.5 Å². The molecule has 1 aromatic carbocycles. The summed E-state index contributed by atoms with van der Waals surface area (Å²) in [4.78, 5) is 17.6. The number of thioether (sulfide) groups is 1. The molecule has 0 saturated heterocycles. The molecule has 1 atom stereocenters. The van der Waals surface area contributed by atoms with Gasteiger partial charge in [0.1, 0.15) is 19.0 Å². The molecule has 0 bridgehead atoms. The first-order valence-electron chi connectivity index (χ1n) is 7.95. The van der Waals surface area contributed by atoms with Crippen LogP contribution in [0.5, 0.6) is 5.75 Å². The minimum absolute atomic E-state index is 0.140. The van der Waals surface area contributed by atoms with Gasteiger partial charge in [-0.3, -0.25) is 9.78 Å². The van der Waals surface area contributed by atoms with Crippen LogP contribution in [0.4, 0.5) is 0 Å². The molecule has 0 aliphatic carbocycles. The van der Waals surface area contributed by atoms with E-state index in [2.05, 4.69) is 4.98 Å². The SMILES string of the molecule is CSc1ccc(OCCOC(=O)C(c2cccnc2)C(C)C)cc1. The van der Waals surface area contributed by atoms with Crippen molar-refractivity contribution in [1.29, 1.82) is 0 Å². The number of pyridine rings is 1. The van der Waals surface area contributed by atoms with Crippen molar-refractivity contribution < 1.29 is 14.3 Å². The minimum atomic E-state index is -0.306. The zero-order valence-corrected chi connectivity index (χ0v) is 15.1. The molecule has 24 heavy (non-hydrogen) atoms. The Balaban J connectivity index is 1.82. The highest BCUT2D eigenvalue weighted by molar-refractivity contribution is 7.98. The van der Waals surface area contributed by atoms with Crippen molar-refractivity contribution in [3.05, 3.63) is 54.4 Å². The monoisotopic (exact) mass is 345 g/mol. The van der Waals surface area contributed by atoms with E-state index in [1.165, 1.54) is 4.90 Å². The molecule has 5 heteroatoms. The van der Waals surface area contributed by atoms with Gasteiger partial charge in [0.25, 0.3) is 0 Å². The van der Waals surface area contributed by atoms with Crippen LogP contribution in [0.2, 0.25) is 0 Å². The number of aromatic nitrogens is 1. The Kier molecular flexibility index (Phi) is 7.12. The van der Waals surface area contributed by atoms with Crippen LogP contribution < -0.4 is 4.74 Å². The smallest absolute Gasteiger partial charge is 0.313 e. The summed E-state index contributed by atoms with van der Waals surface area (Å²) in [5, 5.41) is 0. The number of esters is 1. The Morgan fingerprint density at radius 3 is 2.50 bits per heavy atom. The molecule has 0 aliphatic heterocycles. The van der Waals surface area contributed by atoms with Crippen molar-refractivity contribution in [3.63, 3.8) is 0 Å². The number of ether oxygens (including phenoxy) is 2. The molecular formula is C19H23NO3S. The fraction of sp³-hybridized carbons (Fsp3) is 0.368. The van der Waals surface area contributed by atoms with Gasteiger partial charge in [-0.2, -0.15) is 0 Å². The van der Waals surface area contributed by atoms with Gasteiger partial charge in [-0.05, 0) is 48.1 Å². The number of hydrogen-bond donors (Lipinski definition) is 0. The molecule has 2 aromatic rings. The van der Waals surface area contributed by atoms with Crippen molar-refractivity contribution in [2.45, 2.75) is 24.7 Å². The Bertz CT molecular complexity index is 629. The Morgan fingerprint density at radius 1 is 1.17 bits per heavy atom. The van der Waals surface area contributed by atoms with Crippen LogP contribution in [0.15, 0.2) is 53.7 Å². The predicted molar refractivity (Wildman–Crippen MR) is 96.5 cm³/mol. The first kappa shape index (κ1) is 18.3. The van der Waals surface area contributed by atoms with Gasteiger partial charge in [0, 0.05) is 17.3 Å². The van der Waals surface area contributed by atoms with Crippen molar-refractivity contribution in [1.82, 2.24) is 4.98 Å². The van der Waals surface area contributed by atoms with Crippen LogP contribution >= 0.6 is 11.8 Å². The van der Waals surface area contributed by atoms with E-state index in [4.69, 9.17) is 9.47 Å². The summed E-state index contributed by atoms with van der Waals surface area (Å²) >= 11 is 1.68. The molecule has 0 radical (unpaired) electrons.